The molecule has 3 N–H and O–H groups in total. The predicted octanol–water partition coefficient (Wildman–Crippen LogP) is 4.59. The molecule has 2 heteroatoms. The van der Waals surface area contributed by atoms with E-state index in [1.165, 1.54) is 57.8 Å². The summed E-state index contributed by atoms with van der Waals surface area (Å²) in [5.74, 6) is 2.04. The molecule has 0 aliphatic heterocycles. The third kappa shape index (κ3) is 15.9. The van der Waals surface area contributed by atoms with Crippen molar-refractivity contribution in [3.63, 3.8) is 0 Å². The molecule has 0 aromatic rings. The van der Waals surface area contributed by atoms with Crippen LogP contribution >= 0.6 is 0 Å². The van der Waals surface area contributed by atoms with E-state index in [4.69, 9.17) is 5.11 Å². The van der Waals surface area contributed by atoms with Gasteiger partial charge in [-0.05, 0) is 11.8 Å². The number of hydrogen-bond donors (Lipinski definition) is 1. The maximum Gasteiger partial charge on any atom is 0.0319 e. The van der Waals surface area contributed by atoms with Crippen molar-refractivity contribution in [1.82, 2.24) is 0 Å². The van der Waals surface area contributed by atoms with Crippen LogP contribution in [0.25, 0.3) is 0 Å². The fraction of sp³-hybridized carbons (Fsp3) is 1.00. The van der Waals surface area contributed by atoms with Gasteiger partial charge in [0, 0.05) is 7.11 Å². The van der Waals surface area contributed by atoms with Crippen LogP contribution in [0.2, 0.25) is 0 Å². The second kappa shape index (κ2) is 19.3. The minimum atomic E-state index is 0. The molecule has 0 atom stereocenters. The van der Waals surface area contributed by atoms with Crippen LogP contribution in [0.15, 0.2) is 0 Å². The molecule has 0 aromatic carbocycles. The Bertz CT molecular complexity index is 96.7. The molecule has 0 radical (unpaired) electrons. The quantitative estimate of drug-likeness (QED) is 0.682. The lowest BCUT2D eigenvalue weighted by molar-refractivity contribution is 0.308. The van der Waals surface area contributed by atoms with Crippen LogP contribution in [0.1, 0.15) is 85.5 Å². The molecule has 0 unspecified atom stereocenters. The summed E-state index contributed by atoms with van der Waals surface area (Å²) in [5, 5.41) is 7.00. The highest BCUT2D eigenvalue weighted by atomic mass is 16.2. The van der Waals surface area contributed by atoms with Crippen LogP contribution in [-0.2, 0) is 0 Å². The van der Waals surface area contributed by atoms with E-state index in [0.29, 0.717) is 0 Å². The monoisotopic (exact) mass is 262 g/mol. The molecule has 0 bridgehead atoms. The summed E-state index contributed by atoms with van der Waals surface area (Å²) in [4.78, 5) is 0. The van der Waals surface area contributed by atoms with Gasteiger partial charge in [0.05, 0.1) is 0 Å². The summed E-state index contributed by atoms with van der Waals surface area (Å²) >= 11 is 0. The standard InChI is InChI=1S/C8H16.C5H10.C2H6.CH4O.H2O/c1-7-3-5-8(2)6-4-7;1-2-4-5-3-1;2*1-2;/h7-8H,3-6H2,1-2H3;1-5H2;1-2H3;2H,1H3;1H2. The van der Waals surface area contributed by atoms with Gasteiger partial charge in [0.15, 0.2) is 0 Å². The SMILES string of the molecule is C1CCCC1.CC.CC1CCC(C)CC1.CO.O. The van der Waals surface area contributed by atoms with Gasteiger partial charge in [-0.15, -0.1) is 0 Å². The Morgan fingerprint density at radius 3 is 0.944 bits per heavy atom. The third-order valence-electron chi connectivity index (χ3n) is 3.55. The van der Waals surface area contributed by atoms with E-state index in [0.717, 1.165) is 18.9 Å². The fourth-order valence-electron chi connectivity index (χ4n) is 2.31. The molecule has 0 heterocycles. The van der Waals surface area contributed by atoms with Crippen molar-refractivity contribution >= 4 is 0 Å². The van der Waals surface area contributed by atoms with Crippen molar-refractivity contribution in [2.75, 3.05) is 7.11 Å². The molecule has 114 valence electrons. The van der Waals surface area contributed by atoms with Crippen molar-refractivity contribution in [2.24, 2.45) is 11.8 Å². The summed E-state index contributed by atoms with van der Waals surface area (Å²) in [6.45, 7) is 8.73. The molecule has 2 rings (SSSR count). The molecular formula is C16H38O2. The van der Waals surface area contributed by atoms with Crippen molar-refractivity contribution in [3.8, 4) is 0 Å². The average Bonchev–Trinajstić information content (AvgIpc) is 2.97. The molecule has 2 aliphatic carbocycles. The molecule has 2 nitrogen and oxygen atoms in total. The Labute approximate surface area is 115 Å². The van der Waals surface area contributed by atoms with Gasteiger partial charge in [0.1, 0.15) is 0 Å². The largest absolute Gasteiger partial charge is 0.412 e. The van der Waals surface area contributed by atoms with Crippen LogP contribution < -0.4 is 0 Å². The summed E-state index contributed by atoms with van der Waals surface area (Å²) in [5.41, 5.74) is 0. The minimum Gasteiger partial charge on any atom is -0.412 e. The Balaban J connectivity index is -0.000000196. The smallest absolute Gasteiger partial charge is 0.0319 e. The molecule has 2 aliphatic rings. The van der Waals surface area contributed by atoms with Crippen LogP contribution in [0.4, 0.5) is 0 Å². The molecule has 0 saturated heterocycles. The van der Waals surface area contributed by atoms with Crippen LogP contribution in [-0.4, -0.2) is 17.7 Å². The lowest BCUT2D eigenvalue weighted by atomic mass is 9.84. The number of rotatable bonds is 0. The average molecular weight is 262 g/mol. The van der Waals surface area contributed by atoms with Gasteiger partial charge in [0.25, 0.3) is 0 Å². The maximum atomic E-state index is 7.00. The van der Waals surface area contributed by atoms with E-state index in [1.807, 2.05) is 13.8 Å². The van der Waals surface area contributed by atoms with Gasteiger partial charge >= 0.3 is 0 Å². The molecule has 0 spiro atoms. The number of aliphatic hydroxyl groups excluding tert-OH is 1. The normalized spacial score (nSPS) is 25.0. The third-order valence-corrected chi connectivity index (χ3v) is 3.55. The van der Waals surface area contributed by atoms with Crippen LogP contribution in [0.3, 0.4) is 0 Å². The Hall–Kier alpha value is -0.0800. The zero-order valence-electron chi connectivity index (χ0n) is 13.5. The highest BCUT2D eigenvalue weighted by Gasteiger charge is 2.13. The van der Waals surface area contributed by atoms with Crippen molar-refractivity contribution < 1.29 is 10.6 Å². The number of aliphatic hydroxyl groups is 1. The molecule has 0 amide bonds. The molecule has 0 aromatic heterocycles. The lowest BCUT2D eigenvalue weighted by Gasteiger charge is -2.22. The maximum absolute atomic E-state index is 7.00. The lowest BCUT2D eigenvalue weighted by Crippen LogP contribution is -2.08. The zero-order chi connectivity index (χ0) is 13.5. The zero-order valence-corrected chi connectivity index (χ0v) is 13.5. The van der Waals surface area contributed by atoms with Gasteiger partial charge in [-0.2, -0.15) is 0 Å². The van der Waals surface area contributed by atoms with E-state index < -0.39 is 0 Å². The highest BCUT2D eigenvalue weighted by Crippen LogP contribution is 2.27. The first-order valence-corrected chi connectivity index (χ1v) is 7.73. The topological polar surface area (TPSA) is 51.7 Å². The number of hydrogen-bond acceptors (Lipinski definition) is 1. The second-order valence-electron chi connectivity index (χ2n) is 5.13. The van der Waals surface area contributed by atoms with Gasteiger partial charge < -0.3 is 10.6 Å². The summed E-state index contributed by atoms with van der Waals surface area (Å²) < 4.78 is 0. The van der Waals surface area contributed by atoms with E-state index in [-0.39, 0.29) is 5.48 Å². The molecular weight excluding hydrogens is 224 g/mol. The minimum absolute atomic E-state index is 0. The molecule has 2 fully saturated rings. The van der Waals surface area contributed by atoms with Crippen LogP contribution in [0, 0.1) is 11.8 Å². The first-order valence-electron chi connectivity index (χ1n) is 7.73. The summed E-state index contributed by atoms with van der Waals surface area (Å²) in [7, 11) is 1.00. The van der Waals surface area contributed by atoms with E-state index in [1.54, 1.807) is 0 Å². The fourth-order valence-corrected chi connectivity index (χ4v) is 2.31. The van der Waals surface area contributed by atoms with Crippen molar-refractivity contribution in [1.29, 1.82) is 0 Å². The Morgan fingerprint density at radius 1 is 0.611 bits per heavy atom. The highest BCUT2D eigenvalue weighted by molar-refractivity contribution is 4.65. The second-order valence-corrected chi connectivity index (χ2v) is 5.13. The first kappa shape index (κ1) is 23.0. The summed E-state index contributed by atoms with van der Waals surface area (Å²) in [6.07, 6.45) is 13.4. The van der Waals surface area contributed by atoms with E-state index in [9.17, 15) is 0 Å². The predicted molar refractivity (Wildman–Crippen MR) is 83.0 cm³/mol. The van der Waals surface area contributed by atoms with E-state index in [2.05, 4.69) is 13.8 Å². The Kier molecular flexibility index (Phi) is 24.7. The van der Waals surface area contributed by atoms with Gasteiger partial charge in [-0.3, -0.25) is 0 Å². The van der Waals surface area contributed by atoms with Crippen molar-refractivity contribution in [3.05, 3.63) is 0 Å². The molecule has 18 heavy (non-hydrogen) atoms. The summed E-state index contributed by atoms with van der Waals surface area (Å²) in [6, 6.07) is 0. The van der Waals surface area contributed by atoms with Gasteiger partial charge in [-0.25, -0.2) is 0 Å². The first-order chi connectivity index (χ1) is 8.29. The van der Waals surface area contributed by atoms with Crippen molar-refractivity contribution in [2.45, 2.75) is 85.5 Å². The van der Waals surface area contributed by atoms with Gasteiger partial charge in [-0.1, -0.05) is 85.5 Å². The van der Waals surface area contributed by atoms with Gasteiger partial charge in [0.2, 0.25) is 0 Å². The van der Waals surface area contributed by atoms with Crippen LogP contribution in [0.5, 0.6) is 0 Å². The molecule has 2 saturated carbocycles. The Morgan fingerprint density at radius 2 is 0.778 bits per heavy atom. The van der Waals surface area contributed by atoms with E-state index >= 15 is 0 Å².